The van der Waals surface area contributed by atoms with Gasteiger partial charge < -0.3 is 9.88 Å². The number of carbonyl (C=O) groups excluding carboxylic acids is 2. The van der Waals surface area contributed by atoms with E-state index in [4.69, 9.17) is 0 Å². The Hall–Kier alpha value is -2.50. The fourth-order valence-electron chi connectivity index (χ4n) is 2.86. The van der Waals surface area contributed by atoms with Crippen molar-refractivity contribution in [1.29, 1.82) is 0 Å². The molecule has 0 radical (unpaired) electrons. The molecule has 0 aromatic carbocycles. The van der Waals surface area contributed by atoms with Crippen molar-refractivity contribution >= 4 is 11.7 Å². The molecule has 3 rings (SSSR count). The number of aromatic nitrogens is 3. The van der Waals surface area contributed by atoms with Crippen LogP contribution in [0.3, 0.4) is 0 Å². The summed E-state index contributed by atoms with van der Waals surface area (Å²) in [7, 11) is 0. The fraction of sp³-hybridized carbons (Fsp3) is 0.412. The molecular formula is C17H20N4O2. The molecule has 0 atom stereocenters. The average molecular weight is 312 g/mol. The number of nitrogens with zero attached hydrogens (tertiary/aromatic N) is 3. The van der Waals surface area contributed by atoms with Crippen molar-refractivity contribution in [3.8, 4) is 11.5 Å². The maximum absolute atomic E-state index is 12.1. The molecule has 2 aromatic heterocycles. The first-order chi connectivity index (χ1) is 11.2. The largest absolute Gasteiger partial charge is 0.354 e. The fourth-order valence-corrected chi connectivity index (χ4v) is 2.86. The number of carbonyl (C=O) groups is 2. The number of pyridine rings is 1. The third-order valence-electron chi connectivity index (χ3n) is 4.18. The Morgan fingerprint density at radius 2 is 2.04 bits per heavy atom. The molecule has 0 bridgehead atoms. The second-order valence-electron chi connectivity index (χ2n) is 5.76. The minimum absolute atomic E-state index is 0.0225. The van der Waals surface area contributed by atoms with E-state index in [-0.39, 0.29) is 17.6 Å². The molecule has 0 spiro atoms. The molecule has 2 heterocycles. The van der Waals surface area contributed by atoms with Gasteiger partial charge in [-0.05, 0) is 25.0 Å². The summed E-state index contributed by atoms with van der Waals surface area (Å²) in [4.78, 5) is 32.0. The molecule has 120 valence electrons. The smallest absolute Gasteiger partial charge is 0.223 e. The number of nitrogens with one attached hydrogen (secondary N) is 1. The van der Waals surface area contributed by atoms with Crippen molar-refractivity contribution in [3.05, 3.63) is 36.8 Å². The van der Waals surface area contributed by atoms with Gasteiger partial charge in [-0.1, -0.05) is 6.07 Å². The number of rotatable bonds is 5. The van der Waals surface area contributed by atoms with Gasteiger partial charge in [0.1, 0.15) is 11.5 Å². The monoisotopic (exact) mass is 312 g/mol. The highest BCUT2D eigenvalue weighted by atomic mass is 16.2. The molecule has 1 aliphatic carbocycles. The van der Waals surface area contributed by atoms with E-state index in [1.54, 1.807) is 12.4 Å². The number of amides is 1. The lowest BCUT2D eigenvalue weighted by molar-refractivity contribution is -0.128. The van der Waals surface area contributed by atoms with Gasteiger partial charge >= 0.3 is 0 Å². The van der Waals surface area contributed by atoms with E-state index < -0.39 is 0 Å². The van der Waals surface area contributed by atoms with Crippen LogP contribution in [-0.4, -0.2) is 32.8 Å². The van der Waals surface area contributed by atoms with E-state index >= 15 is 0 Å². The normalized spacial score (nSPS) is 15.6. The summed E-state index contributed by atoms with van der Waals surface area (Å²) in [5.74, 6) is 1.10. The molecule has 1 N–H and O–H groups in total. The third kappa shape index (κ3) is 3.83. The van der Waals surface area contributed by atoms with Gasteiger partial charge in [0, 0.05) is 50.4 Å². The molecule has 0 unspecified atom stereocenters. The van der Waals surface area contributed by atoms with Crippen molar-refractivity contribution < 1.29 is 9.59 Å². The Labute approximate surface area is 134 Å². The van der Waals surface area contributed by atoms with Crippen molar-refractivity contribution in [2.75, 3.05) is 6.54 Å². The van der Waals surface area contributed by atoms with Gasteiger partial charge in [0.05, 0.1) is 0 Å². The zero-order chi connectivity index (χ0) is 16.1. The van der Waals surface area contributed by atoms with Crippen molar-refractivity contribution in [1.82, 2.24) is 19.9 Å². The van der Waals surface area contributed by atoms with Crippen LogP contribution >= 0.6 is 0 Å². The summed E-state index contributed by atoms with van der Waals surface area (Å²) in [6.07, 6.45) is 7.77. The number of ketones is 1. The highest BCUT2D eigenvalue weighted by molar-refractivity contribution is 5.84. The number of hydrogen-bond acceptors (Lipinski definition) is 4. The predicted octanol–water partition coefficient (Wildman–Crippen LogP) is 1.82. The SMILES string of the molecule is O=C1CCC(C(=O)NCCn2ccnc2-c2ccccn2)CC1. The van der Waals surface area contributed by atoms with Crippen LogP contribution in [0.5, 0.6) is 0 Å². The van der Waals surface area contributed by atoms with E-state index in [9.17, 15) is 9.59 Å². The first kappa shape index (κ1) is 15.4. The average Bonchev–Trinajstić information content (AvgIpc) is 3.05. The topological polar surface area (TPSA) is 76.9 Å². The van der Waals surface area contributed by atoms with E-state index in [1.807, 2.05) is 29.0 Å². The van der Waals surface area contributed by atoms with Crippen LogP contribution < -0.4 is 5.32 Å². The summed E-state index contributed by atoms with van der Waals surface area (Å²) in [6, 6.07) is 5.70. The molecule has 23 heavy (non-hydrogen) atoms. The lowest BCUT2D eigenvalue weighted by Crippen LogP contribution is -2.35. The van der Waals surface area contributed by atoms with E-state index in [0.717, 1.165) is 11.5 Å². The Balaban J connectivity index is 1.53. The Morgan fingerprint density at radius 3 is 2.78 bits per heavy atom. The molecule has 1 saturated carbocycles. The Kier molecular flexibility index (Phi) is 4.80. The zero-order valence-corrected chi connectivity index (χ0v) is 12.9. The molecule has 0 aliphatic heterocycles. The van der Waals surface area contributed by atoms with Crippen LogP contribution in [0.1, 0.15) is 25.7 Å². The summed E-state index contributed by atoms with van der Waals surface area (Å²) in [5, 5.41) is 2.96. The first-order valence-corrected chi connectivity index (χ1v) is 7.96. The summed E-state index contributed by atoms with van der Waals surface area (Å²) in [5.41, 5.74) is 0.814. The molecule has 1 aliphatic rings. The van der Waals surface area contributed by atoms with Crippen molar-refractivity contribution in [2.24, 2.45) is 5.92 Å². The van der Waals surface area contributed by atoms with Crippen LogP contribution in [0.2, 0.25) is 0 Å². The molecular weight excluding hydrogens is 292 g/mol. The number of hydrogen-bond donors (Lipinski definition) is 1. The standard InChI is InChI=1S/C17H20N4O2/c22-14-6-4-13(5-7-14)17(23)20-10-12-21-11-9-19-16(21)15-3-1-2-8-18-15/h1-3,8-9,11,13H,4-7,10,12H2,(H,20,23). The molecule has 6 nitrogen and oxygen atoms in total. The van der Waals surface area contributed by atoms with Gasteiger partial charge in [-0.25, -0.2) is 4.98 Å². The Morgan fingerprint density at radius 1 is 1.22 bits per heavy atom. The van der Waals surface area contributed by atoms with Gasteiger partial charge in [0.2, 0.25) is 5.91 Å². The van der Waals surface area contributed by atoms with E-state index in [1.165, 1.54) is 0 Å². The van der Waals surface area contributed by atoms with Crippen LogP contribution in [-0.2, 0) is 16.1 Å². The first-order valence-electron chi connectivity index (χ1n) is 7.96. The maximum Gasteiger partial charge on any atom is 0.223 e. The van der Waals surface area contributed by atoms with Gasteiger partial charge in [0.15, 0.2) is 5.82 Å². The van der Waals surface area contributed by atoms with E-state index in [0.29, 0.717) is 38.8 Å². The van der Waals surface area contributed by atoms with Gasteiger partial charge in [-0.15, -0.1) is 0 Å². The lowest BCUT2D eigenvalue weighted by Gasteiger charge is -2.20. The summed E-state index contributed by atoms with van der Waals surface area (Å²) < 4.78 is 1.98. The van der Waals surface area contributed by atoms with Gasteiger partial charge in [-0.3, -0.25) is 14.6 Å². The molecule has 0 saturated heterocycles. The van der Waals surface area contributed by atoms with Crippen molar-refractivity contribution in [3.63, 3.8) is 0 Å². The third-order valence-corrected chi connectivity index (χ3v) is 4.18. The zero-order valence-electron chi connectivity index (χ0n) is 12.9. The van der Waals surface area contributed by atoms with Crippen LogP contribution in [0.15, 0.2) is 36.8 Å². The van der Waals surface area contributed by atoms with E-state index in [2.05, 4.69) is 15.3 Å². The molecule has 6 heteroatoms. The van der Waals surface area contributed by atoms with Crippen LogP contribution in [0.25, 0.3) is 11.5 Å². The molecule has 1 amide bonds. The summed E-state index contributed by atoms with van der Waals surface area (Å²) in [6.45, 7) is 1.18. The molecule has 2 aromatic rings. The van der Waals surface area contributed by atoms with Gasteiger partial charge in [0.25, 0.3) is 0 Å². The molecule has 1 fully saturated rings. The second-order valence-corrected chi connectivity index (χ2v) is 5.76. The lowest BCUT2D eigenvalue weighted by atomic mass is 9.88. The number of Topliss-reactive ketones (excluding diaryl/α,β-unsaturated/α-hetero) is 1. The van der Waals surface area contributed by atoms with Crippen molar-refractivity contribution in [2.45, 2.75) is 32.2 Å². The summed E-state index contributed by atoms with van der Waals surface area (Å²) >= 11 is 0. The van der Waals surface area contributed by atoms with Crippen LogP contribution in [0, 0.1) is 5.92 Å². The minimum atomic E-state index is -0.0225. The predicted molar refractivity (Wildman–Crippen MR) is 85.4 cm³/mol. The minimum Gasteiger partial charge on any atom is -0.354 e. The number of imidazole rings is 1. The quantitative estimate of drug-likeness (QED) is 0.913. The second kappa shape index (κ2) is 7.17. The Bertz CT molecular complexity index is 671. The van der Waals surface area contributed by atoms with Gasteiger partial charge in [-0.2, -0.15) is 0 Å². The highest BCUT2D eigenvalue weighted by Gasteiger charge is 2.24. The maximum atomic E-state index is 12.1. The highest BCUT2D eigenvalue weighted by Crippen LogP contribution is 2.21. The van der Waals surface area contributed by atoms with Crippen LogP contribution in [0.4, 0.5) is 0 Å².